The Kier molecular flexibility index (Phi) is 5.59. The molecule has 0 bridgehead atoms. The van der Waals surface area contributed by atoms with Gasteiger partial charge in [0.2, 0.25) is 5.91 Å². The molecule has 1 unspecified atom stereocenters. The van der Waals surface area contributed by atoms with Crippen LogP contribution in [0.5, 0.6) is 0 Å². The van der Waals surface area contributed by atoms with E-state index in [2.05, 4.69) is 10.5 Å². The summed E-state index contributed by atoms with van der Waals surface area (Å²) < 4.78 is 27.2. The zero-order valence-corrected chi connectivity index (χ0v) is 10.2. The number of imide groups is 1. The highest BCUT2D eigenvalue weighted by Gasteiger charge is 2.24. The first-order valence-corrected chi connectivity index (χ1v) is 6.37. The molecule has 3 amide bonds. The summed E-state index contributed by atoms with van der Waals surface area (Å²) in [6.45, 7) is 1.36. The summed E-state index contributed by atoms with van der Waals surface area (Å²) >= 11 is 0. The van der Waals surface area contributed by atoms with Crippen LogP contribution in [0.15, 0.2) is 0 Å². The first-order chi connectivity index (χ1) is 7.68. The van der Waals surface area contributed by atoms with Crippen molar-refractivity contribution in [2.45, 2.75) is 6.92 Å². The van der Waals surface area contributed by atoms with Gasteiger partial charge in [-0.25, -0.2) is 13.2 Å². The molecule has 0 aliphatic carbocycles. The van der Waals surface area contributed by atoms with Gasteiger partial charge in [0, 0.05) is 0 Å². The molecule has 8 nitrogen and oxygen atoms in total. The predicted octanol–water partition coefficient (Wildman–Crippen LogP) is -1.59. The van der Waals surface area contributed by atoms with E-state index in [0.29, 0.717) is 0 Å². The van der Waals surface area contributed by atoms with Crippen molar-refractivity contribution in [3.63, 3.8) is 0 Å². The molecule has 0 aromatic carbocycles. The first kappa shape index (κ1) is 15.4. The standard InChI is InChI=1S/C8H14N2O6S/c1-5(7(12)16-2)3-17(14,15)4-6(11)10-8(9)13/h5H,3-4H2,1-2H3,(H3,9,10,11,13). The molecular weight excluding hydrogens is 252 g/mol. The van der Waals surface area contributed by atoms with Crippen molar-refractivity contribution in [1.82, 2.24) is 5.32 Å². The van der Waals surface area contributed by atoms with Crippen molar-refractivity contribution >= 4 is 27.7 Å². The Morgan fingerprint density at radius 3 is 2.29 bits per heavy atom. The van der Waals surface area contributed by atoms with Crippen molar-refractivity contribution in [2.75, 3.05) is 18.6 Å². The molecule has 0 aromatic rings. The third kappa shape index (κ3) is 6.51. The van der Waals surface area contributed by atoms with Gasteiger partial charge in [0.15, 0.2) is 9.84 Å². The lowest BCUT2D eigenvalue weighted by Crippen LogP contribution is -2.39. The molecule has 3 N–H and O–H groups in total. The molecule has 0 aliphatic heterocycles. The Balaban J connectivity index is 4.45. The number of ether oxygens (including phenoxy) is 1. The van der Waals surface area contributed by atoms with Gasteiger partial charge in [-0.15, -0.1) is 0 Å². The highest BCUT2D eigenvalue weighted by molar-refractivity contribution is 7.92. The van der Waals surface area contributed by atoms with E-state index >= 15 is 0 Å². The Bertz CT molecular complexity index is 416. The van der Waals surface area contributed by atoms with Crippen molar-refractivity contribution in [3.8, 4) is 0 Å². The highest BCUT2D eigenvalue weighted by Crippen LogP contribution is 2.04. The summed E-state index contributed by atoms with van der Waals surface area (Å²) in [5.74, 6) is -4.05. The van der Waals surface area contributed by atoms with E-state index in [4.69, 9.17) is 0 Å². The fourth-order valence-electron chi connectivity index (χ4n) is 1.08. The number of urea groups is 1. The minimum atomic E-state index is -3.80. The number of carbonyl (C=O) groups is 3. The number of methoxy groups -OCH3 is 1. The van der Waals surface area contributed by atoms with Crippen molar-refractivity contribution in [3.05, 3.63) is 0 Å². The van der Waals surface area contributed by atoms with Gasteiger partial charge in [-0.1, -0.05) is 6.92 Å². The Labute approximate surface area is 98.4 Å². The molecule has 0 aromatic heterocycles. The van der Waals surface area contributed by atoms with E-state index in [1.54, 1.807) is 5.32 Å². The Morgan fingerprint density at radius 1 is 1.35 bits per heavy atom. The fourth-order valence-corrected chi connectivity index (χ4v) is 2.57. The van der Waals surface area contributed by atoms with Crippen LogP contribution in [0.25, 0.3) is 0 Å². The summed E-state index contributed by atoms with van der Waals surface area (Å²) in [4.78, 5) is 32.3. The highest BCUT2D eigenvalue weighted by atomic mass is 32.2. The van der Waals surface area contributed by atoms with Crippen molar-refractivity contribution in [1.29, 1.82) is 0 Å². The van der Waals surface area contributed by atoms with Gasteiger partial charge in [0.25, 0.3) is 0 Å². The molecule has 98 valence electrons. The summed E-state index contributed by atoms with van der Waals surface area (Å²) in [6, 6.07) is -1.13. The number of hydrogen-bond donors (Lipinski definition) is 2. The number of rotatable bonds is 5. The van der Waals surface area contributed by atoms with E-state index in [0.717, 1.165) is 7.11 Å². The summed E-state index contributed by atoms with van der Waals surface area (Å²) in [7, 11) is -2.67. The van der Waals surface area contributed by atoms with Crippen LogP contribution < -0.4 is 11.1 Å². The molecule has 9 heteroatoms. The van der Waals surface area contributed by atoms with Crippen LogP contribution in [0, 0.1) is 5.92 Å². The zero-order valence-electron chi connectivity index (χ0n) is 9.43. The van der Waals surface area contributed by atoms with E-state index in [1.807, 2.05) is 0 Å². The van der Waals surface area contributed by atoms with Crippen LogP contribution in [0.4, 0.5) is 4.79 Å². The number of sulfone groups is 1. The zero-order chi connectivity index (χ0) is 13.6. The maximum absolute atomic E-state index is 11.4. The molecule has 0 heterocycles. The van der Waals surface area contributed by atoms with Crippen LogP contribution >= 0.6 is 0 Å². The predicted molar refractivity (Wildman–Crippen MR) is 57.6 cm³/mol. The molecule has 0 spiro atoms. The van der Waals surface area contributed by atoms with Crippen LogP contribution in [0.2, 0.25) is 0 Å². The molecule has 1 atom stereocenters. The largest absolute Gasteiger partial charge is 0.469 e. The molecule has 0 radical (unpaired) electrons. The van der Waals surface area contributed by atoms with Gasteiger partial charge in [-0.3, -0.25) is 14.9 Å². The monoisotopic (exact) mass is 266 g/mol. The minimum Gasteiger partial charge on any atom is -0.469 e. The lowest BCUT2D eigenvalue weighted by atomic mass is 10.2. The van der Waals surface area contributed by atoms with E-state index in [1.165, 1.54) is 6.92 Å². The average molecular weight is 266 g/mol. The summed E-state index contributed by atoms with van der Waals surface area (Å²) in [5.41, 5.74) is 4.64. The van der Waals surface area contributed by atoms with Gasteiger partial charge < -0.3 is 10.5 Å². The molecule has 0 rings (SSSR count). The van der Waals surface area contributed by atoms with E-state index < -0.39 is 45.2 Å². The maximum atomic E-state index is 11.4. The second kappa shape index (κ2) is 6.18. The number of primary amides is 1. The van der Waals surface area contributed by atoms with Gasteiger partial charge in [-0.2, -0.15) is 0 Å². The Hall–Kier alpha value is -1.64. The minimum absolute atomic E-state index is 0.536. The second-order valence-electron chi connectivity index (χ2n) is 3.39. The number of hydrogen-bond acceptors (Lipinski definition) is 6. The smallest absolute Gasteiger partial charge is 0.318 e. The lowest BCUT2D eigenvalue weighted by molar-refractivity contribution is -0.144. The molecule has 0 saturated heterocycles. The van der Waals surface area contributed by atoms with Crippen molar-refractivity contribution in [2.24, 2.45) is 11.7 Å². The van der Waals surface area contributed by atoms with Gasteiger partial charge in [0.1, 0.15) is 5.75 Å². The quantitative estimate of drug-likeness (QED) is 0.576. The number of nitrogens with two attached hydrogens (primary N) is 1. The molecule has 0 aliphatic rings. The third-order valence-corrected chi connectivity index (χ3v) is 3.43. The fraction of sp³-hybridized carbons (Fsp3) is 0.625. The maximum Gasteiger partial charge on any atom is 0.318 e. The third-order valence-electron chi connectivity index (χ3n) is 1.72. The van der Waals surface area contributed by atoms with Gasteiger partial charge in [0.05, 0.1) is 18.8 Å². The van der Waals surface area contributed by atoms with E-state index in [-0.39, 0.29) is 0 Å². The normalized spacial score (nSPS) is 12.6. The van der Waals surface area contributed by atoms with Crippen molar-refractivity contribution < 1.29 is 27.5 Å². The van der Waals surface area contributed by atoms with Crippen LogP contribution in [-0.4, -0.2) is 44.9 Å². The van der Waals surface area contributed by atoms with Crippen LogP contribution in [0.1, 0.15) is 6.92 Å². The van der Waals surface area contributed by atoms with Gasteiger partial charge >= 0.3 is 12.0 Å². The van der Waals surface area contributed by atoms with E-state index in [9.17, 15) is 22.8 Å². The van der Waals surface area contributed by atoms with Gasteiger partial charge in [-0.05, 0) is 0 Å². The number of nitrogens with one attached hydrogen (secondary N) is 1. The number of esters is 1. The topological polar surface area (TPSA) is 133 Å². The second-order valence-corrected chi connectivity index (χ2v) is 5.50. The molecule has 0 fully saturated rings. The Morgan fingerprint density at radius 2 is 1.88 bits per heavy atom. The lowest BCUT2D eigenvalue weighted by Gasteiger charge is -2.09. The van der Waals surface area contributed by atoms with Crippen LogP contribution in [-0.2, 0) is 24.2 Å². The number of carbonyl (C=O) groups excluding carboxylic acids is 3. The molecule has 17 heavy (non-hydrogen) atoms. The first-order valence-electron chi connectivity index (χ1n) is 4.55. The molecular formula is C8H14N2O6S. The summed E-state index contributed by atoms with van der Waals surface area (Å²) in [5, 5.41) is 1.62. The summed E-state index contributed by atoms with van der Waals surface area (Å²) in [6.07, 6.45) is 0. The average Bonchev–Trinajstić information content (AvgIpc) is 2.12. The SMILES string of the molecule is COC(=O)C(C)CS(=O)(=O)CC(=O)NC(N)=O. The van der Waals surface area contributed by atoms with Crippen LogP contribution in [0.3, 0.4) is 0 Å². The molecule has 0 saturated carbocycles. The number of amides is 3.